The highest BCUT2D eigenvalue weighted by molar-refractivity contribution is 6.30. The van der Waals surface area contributed by atoms with Crippen LogP contribution in [0.2, 0.25) is 5.02 Å². The number of likely N-dealkylation sites (tertiary alicyclic amines) is 1. The van der Waals surface area contributed by atoms with Crippen LogP contribution in [-0.2, 0) is 21.6 Å². The number of nitrogens with zero attached hydrogens (tertiary/aromatic N) is 2. The Kier molecular flexibility index (Phi) is 8.53. The predicted molar refractivity (Wildman–Crippen MR) is 164 cm³/mol. The van der Waals surface area contributed by atoms with Crippen molar-refractivity contribution in [2.45, 2.75) is 64.7 Å². The maximum Gasteiger partial charge on any atom is 0.232 e. The summed E-state index contributed by atoms with van der Waals surface area (Å²) in [6.45, 7) is 8.66. The summed E-state index contributed by atoms with van der Waals surface area (Å²) in [5, 5.41) is 12.2. The van der Waals surface area contributed by atoms with Crippen LogP contribution in [0, 0.1) is 5.92 Å². The van der Waals surface area contributed by atoms with Crippen LogP contribution in [0.25, 0.3) is 0 Å². The zero-order chi connectivity index (χ0) is 30.2. The molecular formula is C34H39ClN2O5. The molecular weight excluding hydrogens is 552 g/mol. The Morgan fingerprint density at radius 2 is 1.67 bits per heavy atom. The Morgan fingerprint density at radius 3 is 2.24 bits per heavy atom. The number of aliphatic hydroxyl groups is 1. The van der Waals surface area contributed by atoms with Crippen LogP contribution >= 0.6 is 11.6 Å². The Balaban J connectivity index is 1.52. The number of hydrogen-bond donors (Lipinski definition) is 1. The van der Waals surface area contributed by atoms with Gasteiger partial charge in [0.05, 0.1) is 31.3 Å². The van der Waals surface area contributed by atoms with E-state index >= 15 is 0 Å². The van der Waals surface area contributed by atoms with E-state index in [0.717, 1.165) is 40.8 Å². The number of fused-ring (bicyclic) bond motifs is 1. The van der Waals surface area contributed by atoms with Gasteiger partial charge in [0.15, 0.2) is 11.5 Å². The molecule has 2 heterocycles. The van der Waals surface area contributed by atoms with Crippen molar-refractivity contribution < 1.29 is 24.2 Å². The zero-order valence-corrected chi connectivity index (χ0v) is 25.6. The van der Waals surface area contributed by atoms with E-state index in [4.69, 9.17) is 21.1 Å². The standard InChI is InChI=1S/C34H39ClN2O5/c1-21(2)42-31-20-29-24(18-30(31)41-5)19-32(39)37(33(29)23-6-10-27(35)11-7-23)28-12-8-25(9-13-28)34(4,40)26-14-16-36(17-15-26)22(3)38/h6-13,18,20-21,26,33,40H,14-17,19H2,1-5H3/t33-,34?/m0/s1. The molecule has 0 saturated carbocycles. The second-order valence-electron chi connectivity index (χ2n) is 11.7. The fourth-order valence-electron chi connectivity index (χ4n) is 6.28. The second kappa shape index (κ2) is 12.0. The third kappa shape index (κ3) is 5.86. The quantitative estimate of drug-likeness (QED) is 0.350. The van der Waals surface area contributed by atoms with Crippen molar-refractivity contribution in [1.29, 1.82) is 0 Å². The number of ether oxygens (including phenoxy) is 2. The molecule has 2 atom stereocenters. The molecule has 7 nitrogen and oxygen atoms in total. The van der Waals surface area contributed by atoms with E-state index in [1.807, 2.05) is 91.2 Å². The Labute approximate surface area is 253 Å². The van der Waals surface area contributed by atoms with Gasteiger partial charge in [-0.25, -0.2) is 0 Å². The van der Waals surface area contributed by atoms with Crippen LogP contribution in [0.4, 0.5) is 5.69 Å². The smallest absolute Gasteiger partial charge is 0.232 e. The third-order valence-corrected chi connectivity index (χ3v) is 8.85. The van der Waals surface area contributed by atoms with Gasteiger partial charge in [0, 0.05) is 30.7 Å². The number of anilines is 1. The third-order valence-electron chi connectivity index (χ3n) is 8.60. The van der Waals surface area contributed by atoms with E-state index in [1.165, 1.54) is 0 Å². The van der Waals surface area contributed by atoms with Gasteiger partial charge in [-0.15, -0.1) is 0 Å². The van der Waals surface area contributed by atoms with E-state index in [2.05, 4.69) is 0 Å². The Hall–Kier alpha value is -3.55. The molecule has 0 aliphatic carbocycles. The highest BCUT2D eigenvalue weighted by atomic mass is 35.5. The molecule has 1 fully saturated rings. The first-order valence-electron chi connectivity index (χ1n) is 14.5. The summed E-state index contributed by atoms with van der Waals surface area (Å²) in [4.78, 5) is 29.3. The normalized spacial score (nSPS) is 19.0. The number of halogens is 1. The van der Waals surface area contributed by atoms with E-state index in [0.29, 0.717) is 29.6 Å². The summed E-state index contributed by atoms with van der Waals surface area (Å²) in [5.74, 6) is 1.28. The average Bonchev–Trinajstić information content (AvgIpc) is 2.96. The van der Waals surface area contributed by atoms with Gasteiger partial charge < -0.3 is 24.4 Å². The van der Waals surface area contributed by atoms with Gasteiger partial charge >= 0.3 is 0 Å². The maximum atomic E-state index is 13.8. The number of amides is 2. The van der Waals surface area contributed by atoms with Crippen molar-refractivity contribution >= 4 is 29.1 Å². The summed E-state index contributed by atoms with van der Waals surface area (Å²) in [5.41, 5.74) is 3.23. The maximum absolute atomic E-state index is 13.8. The van der Waals surface area contributed by atoms with Crippen LogP contribution in [0.5, 0.6) is 11.5 Å². The summed E-state index contributed by atoms with van der Waals surface area (Å²) in [6.07, 6.45) is 1.63. The molecule has 1 N–H and O–H groups in total. The summed E-state index contributed by atoms with van der Waals surface area (Å²) < 4.78 is 11.7. The topological polar surface area (TPSA) is 79.3 Å². The minimum Gasteiger partial charge on any atom is -0.493 e. The number of benzene rings is 3. The number of methoxy groups -OCH3 is 1. The summed E-state index contributed by atoms with van der Waals surface area (Å²) >= 11 is 6.24. The molecule has 5 rings (SSSR count). The highest BCUT2D eigenvalue weighted by Gasteiger charge is 2.38. The number of piperidine rings is 1. The van der Waals surface area contributed by atoms with Crippen LogP contribution in [0.3, 0.4) is 0 Å². The lowest BCUT2D eigenvalue weighted by atomic mass is 9.77. The second-order valence-corrected chi connectivity index (χ2v) is 12.2. The molecule has 1 unspecified atom stereocenters. The first kappa shape index (κ1) is 29.9. The minimum atomic E-state index is -1.06. The SMILES string of the molecule is COc1cc2c(cc1OC(C)C)[C@H](c1ccc(Cl)cc1)N(c1ccc(C(C)(O)C3CCN(C(C)=O)CC3)cc1)C(=O)C2. The fourth-order valence-corrected chi connectivity index (χ4v) is 6.41. The molecule has 42 heavy (non-hydrogen) atoms. The summed E-state index contributed by atoms with van der Waals surface area (Å²) in [6, 6.07) is 18.7. The zero-order valence-electron chi connectivity index (χ0n) is 24.9. The molecule has 0 spiro atoms. The number of rotatable bonds is 7. The van der Waals surface area contributed by atoms with E-state index in [9.17, 15) is 14.7 Å². The minimum absolute atomic E-state index is 0.0265. The van der Waals surface area contributed by atoms with Crippen molar-refractivity contribution in [3.05, 3.63) is 87.9 Å². The van der Waals surface area contributed by atoms with Crippen molar-refractivity contribution in [2.24, 2.45) is 5.92 Å². The largest absolute Gasteiger partial charge is 0.493 e. The fraction of sp³-hybridized carbons (Fsp3) is 0.412. The van der Waals surface area contributed by atoms with Gasteiger partial charge in [-0.05, 0) is 98.2 Å². The highest BCUT2D eigenvalue weighted by Crippen LogP contribution is 2.44. The van der Waals surface area contributed by atoms with E-state index < -0.39 is 11.6 Å². The Bertz CT molecular complexity index is 1440. The predicted octanol–water partition coefficient (Wildman–Crippen LogP) is 6.28. The van der Waals surface area contributed by atoms with Crippen LogP contribution in [0.1, 0.15) is 68.8 Å². The Morgan fingerprint density at radius 1 is 1.02 bits per heavy atom. The lowest BCUT2D eigenvalue weighted by Crippen LogP contribution is -2.43. The van der Waals surface area contributed by atoms with Gasteiger partial charge in [0.2, 0.25) is 11.8 Å². The first-order valence-corrected chi connectivity index (χ1v) is 14.9. The van der Waals surface area contributed by atoms with Crippen molar-refractivity contribution in [3.63, 3.8) is 0 Å². The lowest BCUT2D eigenvalue weighted by Gasteiger charge is -2.40. The van der Waals surface area contributed by atoms with Crippen LogP contribution < -0.4 is 14.4 Å². The van der Waals surface area contributed by atoms with Gasteiger partial charge in [-0.1, -0.05) is 35.9 Å². The molecule has 222 valence electrons. The molecule has 2 aliphatic heterocycles. The molecule has 8 heteroatoms. The monoisotopic (exact) mass is 590 g/mol. The van der Waals surface area contributed by atoms with Gasteiger partial charge in [0.1, 0.15) is 0 Å². The van der Waals surface area contributed by atoms with E-state index in [-0.39, 0.29) is 30.3 Å². The first-order chi connectivity index (χ1) is 20.0. The number of carbonyl (C=O) groups is 2. The van der Waals surface area contributed by atoms with Crippen molar-refractivity contribution in [2.75, 3.05) is 25.1 Å². The summed E-state index contributed by atoms with van der Waals surface area (Å²) in [7, 11) is 1.60. The van der Waals surface area contributed by atoms with Crippen molar-refractivity contribution in [1.82, 2.24) is 4.90 Å². The number of hydrogen-bond acceptors (Lipinski definition) is 5. The number of carbonyl (C=O) groups excluding carboxylic acids is 2. The molecule has 2 aliphatic rings. The van der Waals surface area contributed by atoms with Gasteiger partial charge in [0.25, 0.3) is 0 Å². The molecule has 1 saturated heterocycles. The van der Waals surface area contributed by atoms with Gasteiger partial charge in [-0.3, -0.25) is 9.59 Å². The average molecular weight is 591 g/mol. The van der Waals surface area contributed by atoms with Gasteiger partial charge in [-0.2, -0.15) is 0 Å². The molecule has 0 radical (unpaired) electrons. The molecule has 2 amide bonds. The van der Waals surface area contributed by atoms with Crippen molar-refractivity contribution in [3.8, 4) is 11.5 Å². The lowest BCUT2D eigenvalue weighted by molar-refractivity contribution is -0.132. The molecule has 3 aromatic rings. The molecule has 0 bridgehead atoms. The molecule has 0 aromatic heterocycles. The molecule has 3 aromatic carbocycles. The van der Waals surface area contributed by atoms with Crippen LogP contribution in [-0.4, -0.2) is 48.1 Å². The van der Waals surface area contributed by atoms with E-state index in [1.54, 1.807) is 14.0 Å². The van der Waals surface area contributed by atoms with Crippen LogP contribution in [0.15, 0.2) is 60.7 Å².